The lowest BCUT2D eigenvalue weighted by Crippen LogP contribution is -2.39. The third kappa shape index (κ3) is 4.67. The number of hydrogen-bond donors (Lipinski definition) is 0. The highest BCUT2D eigenvalue weighted by atomic mass is 79.9. The average Bonchev–Trinajstić information content (AvgIpc) is 3.16. The van der Waals surface area contributed by atoms with Gasteiger partial charge in [0, 0.05) is 0 Å². The zero-order valence-corrected chi connectivity index (χ0v) is 21.6. The summed E-state index contributed by atoms with van der Waals surface area (Å²) in [4.78, 5) is 31.4. The first-order chi connectivity index (χ1) is 16.9. The molecular formula is C26H21BrN2O5S. The molecule has 7 nitrogen and oxygen atoms in total. The van der Waals surface area contributed by atoms with Crippen LogP contribution in [0.15, 0.2) is 68.0 Å². The second-order valence-corrected chi connectivity index (χ2v) is 9.37. The van der Waals surface area contributed by atoms with Gasteiger partial charge in [-0.25, -0.2) is 9.79 Å². The van der Waals surface area contributed by atoms with E-state index in [0.717, 1.165) is 5.56 Å². The topological polar surface area (TPSA) is 79.1 Å². The van der Waals surface area contributed by atoms with Crippen LogP contribution in [-0.4, -0.2) is 31.4 Å². The van der Waals surface area contributed by atoms with Gasteiger partial charge in [-0.15, -0.1) is 6.42 Å². The molecule has 1 aliphatic rings. The number of methoxy groups -OCH3 is 2. The van der Waals surface area contributed by atoms with E-state index in [1.165, 1.54) is 25.6 Å². The third-order valence-electron chi connectivity index (χ3n) is 5.39. The molecule has 1 atom stereocenters. The molecule has 9 heteroatoms. The Morgan fingerprint density at radius 3 is 2.69 bits per heavy atom. The van der Waals surface area contributed by atoms with Gasteiger partial charge in [0.15, 0.2) is 16.3 Å². The Morgan fingerprint density at radius 2 is 2.03 bits per heavy atom. The minimum Gasteiger partial charge on any atom is -0.493 e. The second-order valence-electron chi connectivity index (χ2n) is 7.51. The number of allylic oxidation sites excluding steroid dienone is 1. The number of aromatic nitrogens is 1. The maximum Gasteiger partial charge on any atom is 0.338 e. The van der Waals surface area contributed by atoms with Crippen LogP contribution in [0.3, 0.4) is 0 Å². The number of halogens is 1. The molecule has 0 saturated carbocycles. The molecule has 0 radical (unpaired) electrons. The summed E-state index contributed by atoms with van der Waals surface area (Å²) < 4.78 is 18.7. The number of terminal acetylenes is 1. The molecule has 3 aromatic rings. The van der Waals surface area contributed by atoms with E-state index < -0.39 is 12.0 Å². The zero-order valence-electron chi connectivity index (χ0n) is 19.2. The normalized spacial score (nSPS) is 15.2. The molecule has 35 heavy (non-hydrogen) atoms. The Morgan fingerprint density at radius 1 is 1.29 bits per heavy atom. The standard InChI is InChI=1S/C26H21BrN2O5S/c1-5-11-34-23-18(27)12-16(13-19(23)32-3)14-20-24(30)29-22(17-9-7-6-8-10-17)21(25(31)33-4)15(2)28-26(29)35-20/h1,6-10,12-14,22H,11H2,2-4H3. The summed E-state index contributed by atoms with van der Waals surface area (Å²) in [5.74, 6) is 2.85. The van der Waals surface area contributed by atoms with Gasteiger partial charge in [-0.05, 0) is 52.2 Å². The summed E-state index contributed by atoms with van der Waals surface area (Å²) >= 11 is 4.73. The van der Waals surface area contributed by atoms with Gasteiger partial charge in [0.25, 0.3) is 5.56 Å². The van der Waals surface area contributed by atoms with Gasteiger partial charge in [-0.1, -0.05) is 47.6 Å². The van der Waals surface area contributed by atoms with Gasteiger partial charge in [-0.2, -0.15) is 0 Å². The smallest absolute Gasteiger partial charge is 0.338 e. The predicted octanol–water partition coefficient (Wildman–Crippen LogP) is 3.19. The number of nitrogens with zero attached hydrogens (tertiary/aromatic N) is 2. The monoisotopic (exact) mass is 552 g/mol. The summed E-state index contributed by atoms with van der Waals surface area (Å²) in [5, 5.41) is 0. The largest absolute Gasteiger partial charge is 0.493 e. The van der Waals surface area contributed by atoms with Gasteiger partial charge >= 0.3 is 5.97 Å². The van der Waals surface area contributed by atoms with Crippen molar-refractivity contribution in [3.8, 4) is 23.8 Å². The molecule has 0 amide bonds. The van der Waals surface area contributed by atoms with Crippen molar-refractivity contribution < 1.29 is 19.0 Å². The Bertz CT molecular complexity index is 1550. The van der Waals surface area contributed by atoms with E-state index in [2.05, 4.69) is 26.8 Å². The number of fused-ring (bicyclic) bond motifs is 1. The van der Waals surface area contributed by atoms with Gasteiger partial charge in [-0.3, -0.25) is 9.36 Å². The quantitative estimate of drug-likeness (QED) is 0.346. The van der Waals surface area contributed by atoms with Gasteiger partial charge in [0.05, 0.1) is 40.5 Å². The van der Waals surface area contributed by atoms with Crippen LogP contribution < -0.4 is 24.4 Å². The number of carbonyl (C=O) groups excluding carboxylic acids is 1. The fourth-order valence-electron chi connectivity index (χ4n) is 3.87. The Balaban J connectivity index is 1.90. The molecule has 178 valence electrons. The van der Waals surface area contributed by atoms with E-state index in [4.69, 9.17) is 20.6 Å². The van der Waals surface area contributed by atoms with Gasteiger partial charge < -0.3 is 14.2 Å². The van der Waals surface area contributed by atoms with Crippen molar-refractivity contribution >= 4 is 39.3 Å². The highest BCUT2D eigenvalue weighted by Gasteiger charge is 2.32. The lowest BCUT2D eigenvalue weighted by atomic mass is 9.96. The average molecular weight is 553 g/mol. The highest BCUT2D eigenvalue weighted by molar-refractivity contribution is 9.10. The molecule has 2 aromatic carbocycles. The van der Waals surface area contributed by atoms with Crippen molar-refractivity contribution in [2.75, 3.05) is 20.8 Å². The first-order valence-electron chi connectivity index (χ1n) is 10.5. The molecule has 0 saturated heterocycles. The predicted molar refractivity (Wildman–Crippen MR) is 137 cm³/mol. The first-order valence-corrected chi connectivity index (χ1v) is 12.1. The number of benzene rings is 2. The summed E-state index contributed by atoms with van der Waals surface area (Å²) in [6.07, 6.45) is 7.05. The van der Waals surface area contributed by atoms with Crippen molar-refractivity contribution in [1.82, 2.24) is 4.57 Å². The minimum atomic E-state index is -0.650. The summed E-state index contributed by atoms with van der Waals surface area (Å²) in [6, 6.07) is 12.3. The SMILES string of the molecule is C#CCOc1c(Br)cc(C=c2sc3n(c2=O)C(c2ccccc2)C(C(=O)OC)=C(C)N=3)cc1OC. The molecule has 1 unspecified atom stereocenters. The number of hydrogen-bond acceptors (Lipinski definition) is 7. The summed E-state index contributed by atoms with van der Waals surface area (Å²) in [5.41, 5.74) is 2.08. The molecule has 0 aliphatic carbocycles. The molecule has 4 rings (SSSR count). The molecule has 1 aliphatic heterocycles. The number of thiazole rings is 1. The van der Waals surface area contributed by atoms with Crippen molar-refractivity contribution in [3.05, 3.63) is 89.0 Å². The molecule has 0 fully saturated rings. The summed E-state index contributed by atoms with van der Waals surface area (Å²) in [7, 11) is 2.84. The lowest BCUT2D eigenvalue weighted by molar-refractivity contribution is -0.136. The number of carbonyl (C=O) groups is 1. The number of esters is 1. The van der Waals surface area contributed by atoms with Crippen LogP contribution in [0, 0.1) is 12.3 Å². The number of ether oxygens (including phenoxy) is 3. The highest BCUT2D eigenvalue weighted by Crippen LogP contribution is 2.37. The van der Waals surface area contributed by atoms with E-state index in [0.29, 0.717) is 42.1 Å². The number of rotatable bonds is 6. The van der Waals surface area contributed by atoms with Gasteiger partial charge in [0.1, 0.15) is 6.61 Å². The molecule has 0 bridgehead atoms. The van der Waals surface area contributed by atoms with E-state index in [9.17, 15) is 9.59 Å². The maximum atomic E-state index is 13.6. The van der Waals surface area contributed by atoms with E-state index >= 15 is 0 Å². The third-order valence-corrected chi connectivity index (χ3v) is 6.96. The van der Waals surface area contributed by atoms with Crippen LogP contribution in [0.1, 0.15) is 24.1 Å². The fraction of sp³-hybridized carbons (Fsp3) is 0.192. The van der Waals surface area contributed by atoms with Crippen molar-refractivity contribution in [3.63, 3.8) is 0 Å². The molecule has 2 heterocycles. The lowest BCUT2D eigenvalue weighted by Gasteiger charge is -2.24. The van der Waals surface area contributed by atoms with Gasteiger partial charge in [0.2, 0.25) is 0 Å². The Hall–Kier alpha value is -3.61. The first kappa shape index (κ1) is 24.5. The molecule has 0 spiro atoms. The van der Waals surface area contributed by atoms with Crippen LogP contribution in [-0.2, 0) is 9.53 Å². The van der Waals surface area contributed by atoms with Crippen molar-refractivity contribution in [1.29, 1.82) is 0 Å². The van der Waals surface area contributed by atoms with Crippen molar-refractivity contribution in [2.45, 2.75) is 13.0 Å². The van der Waals surface area contributed by atoms with E-state index in [-0.39, 0.29) is 12.2 Å². The maximum absolute atomic E-state index is 13.6. The van der Waals surface area contributed by atoms with Crippen LogP contribution in [0.5, 0.6) is 11.5 Å². The molecular weight excluding hydrogens is 532 g/mol. The van der Waals surface area contributed by atoms with Crippen molar-refractivity contribution in [2.24, 2.45) is 4.99 Å². The Kier molecular flexibility index (Phi) is 7.24. The van der Waals surface area contributed by atoms with Crippen LogP contribution in [0.25, 0.3) is 6.08 Å². The minimum absolute atomic E-state index is 0.0915. The van der Waals surface area contributed by atoms with Crippen LogP contribution in [0.4, 0.5) is 0 Å². The van der Waals surface area contributed by atoms with E-state index in [1.807, 2.05) is 36.4 Å². The summed E-state index contributed by atoms with van der Waals surface area (Å²) in [6.45, 7) is 1.84. The fourth-order valence-corrected chi connectivity index (χ4v) is 5.49. The molecule has 1 aromatic heterocycles. The second kappa shape index (κ2) is 10.3. The van der Waals surface area contributed by atoms with E-state index in [1.54, 1.807) is 23.6 Å². The zero-order chi connectivity index (χ0) is 25.1. The van der Waals surface area contributed by atoms with Crippen LogP contribution >= 0.6 is 27.3 Å². The molecule has 0 N–H and O–H groups in total. The Labute approximate surface area is 214 Å². The van der Waals surface area contributed by atoms with Crippen LogP contribution in [0.2, 0.25) is 0 Å².